The number of rotatable bonds is 6. The van der Waals surface area contributed by atoms with Gasteiger partial charge in [-0.2, -0.15) is 0 Å². The fourth-order valence-electron chi connectivity index (χ4n) is 1.47. The van der Waals surface area contributed by atoms with Gasteiger partial charge in [-0.05, 0) is 37.3 Å². The van der Waals surface area contributed by atoms with Crippen LogP contribution in [0.3, 0.4) is 0 Å². The van der Waals surface area contributed by atoms with Crippen molar-refractivity contribution < 1.29 is 0 Å². The molecule has 1 aromatic heterocycles. The number of unbranched alkanes of at least 4 members (excludes halogenated alkanes) is 3. The molecule has 15 heavy (non-hydrogen) atoms. The number of nitrogens with two attached hydrogens (primary N) is 1. The SMILES string of the molecule is C=CCCCCCc1cc(Cl)cnc1N. The molecular formula is C12H17ClN2. The van der Waals surface area contributed by atoms with Gasteiger partial charge in [0.2, 0.25) is 0 Å². The third kappa shape index (κ3) is 4.34. The van der Waals surface area contributed by atoms with Crippen LogP contribution in [-0.4, -0.2) is 4.98 Å². The second-order valence-electron chi connectivity index (χ2n) is 3.59. The molecule has 0 spiro atoms. The summed E-state index contributed by atoms with van der Waals surface area (Å²) in [5.74, 6) is 0.600. The molecule has 0 saturated heterocycles. The maximum absolute atomic E-state index is 5.85. The summed E-state index contributed by atoms with van der Waals surface area (Å²) in [6.07, 6.45) is 9.09. The average Bonchev–Trinajstić information content (AvgIpc) is 2.23. The fraction of sp³-hybridized carbons (Fsp3) is 0.417. The largest absolute Gasteiger partial charge is 0.383 e. The van der Waals surface area contributed by atoms with Gasteiger partial charge in [-0.15, -0.1) is 6.58 Å². The first-order valence-corrected chi connectivity index (χ1v) is 5.62. The van der Waals surface area contributed by atoms with Crippen molar-refractivity contribution >= 4 is 17.4 Å². The van der Waals surface area contributed by atoms with Crippen LogP contribution in [0.25, 0.3) is 0 Å². The van der Waals surface area contributed by atoms with E-state index in [1.807, 2.05) is 12.1 Å². The predicted molar refractivity (Wildman–Crippen MR) is 66.0 cm³/mol. The Morgan fingerprint density at radius 3 is 2.93 bits per heavy atom. The molecule has 82 valence electrons. The van der Waals surface area contributed by atoms with Gasteiger partial charge in [0.1, 0.15) is 5.82 Å². The monoisotopic (exact) mass is 224 g/mol. The van der Waals surface area contributed by atoms with E-state index in [-0.39, 0.29) is 0 Å². The van der Waals surface area contributed by atoms with Gasteiger partial charge in [-0.1, -0.05) is 24.1 Å². The lowest BCUT2D eigenvalue weighted by Gasteiger charge is -2.04. The molecule has 3 heteroatoms. The van der Waals surface area contributed by atoms with E-state index in [1.165, 1.54) is 12.8 Å². The zero-order chi connectivity index (χ0) is 11.1. The number of hydrogen-bond donors (Lipinski definition) is 1. The molecule has 1 rings (SSSR count). The van der Waals surface area contributed by atoms with E-state index in [9.17, 15) is 0 Å². The molecule has 1 aromatic rings. The first-order chi connectivity index (χ1) is 7.24. The van der Waals surface area contributed by atoms with Crippen LogP contribution in [0.15, 0.2) is 24.9 Å². The van der Waals surface area contributed by atoms with Crippen molar-refractivity contribution in [1.29, 1.82) is 0 Å². The summed E-state index contributed by atoms with van der Waals surface area (Å²) >= 11 is 5.85. The minimum Gasteiger partial charge on any atom is -0.383 e. The molecule has 0 amide bonds. The zero-order valence-corrected chi connectivity index (χ0v) is 9.63. The number of halogens is 1. The van der Waals surface area contributed by atoms with Gasteiger partial charge in [-0.3, -0.25) is 0 Å². The van der Waals surface area contributed by atoms with Crippen LogP contribution in [0.2, 0.25) is 5.02 Å². The summed E-state index contributed by atoms with van der Waals surface area (Å²) < 4.78 is 0. The number of hydrogen-bond acceptors (Lipinski definition) is 2. The number of pyridine rings is 1. The maximum Gasteiger partial charge on any atom is 0.126 e. The summed E-state index contributed by atoms with van der Waals surface area (Å²) in [7, 11) is 0. The zero-order valence-electron chi connectivity index (χ0n) is 8.88. The summed E-state index contributed by atoms with van der Waals surface area (Å²) in [4.78, 5) is 4.02. The van der Waals surface area contributed by atoms with Crippen LogP contribution in [0, 0.1) is 0 Å². The summed E-state index contributed by atoms with van der Waals surface area (Å²) in [5.41, 5.74) is 6.80. The Labute approximate surface area is 96.2 Å². The summed E-state index contributed by atoms with van der Waals surface area (Å²) in [5, 5.41) is 0.658. The second kappa shape index (κ2) is 6.46. The predicted octanol–water partition coefficient (Wildman–Crippen LogP) is 3.61. The fourth-order valence-corrected chi connectivity index (χ4v) is 1.65. The number of anilines is 1. The van der Waals surface area contributed by atoms with Crippen molar-refractivity contribution in [3.05, 3.63) is 35.5 Å². The average molecular weight is 225 g/mol. The molecule has 1 heterocycles. The minimum atomic E-state index is 0.600. The molecule has 0 atom stereocenters. The Morgan fingerprint density at radius 2 is 2.20 bits per heavy atom. The first kappa shape index (κ1) is 12.1. The standard InChI is InChI=1S/C12H17ClN2/c1-2-3-4-5-6-7-10-8-11(13)9-15-12(10)14/h2,8-9H,1,3-7H2,(H2,14,15). The lowest BCUT2D eigenvalue weighted by Crippen LogP contribution is -1.97. The van der Waals surface area contributed by atoms with Crippen molar-refractivity contribution in [1.82, 2.24) is 4.98 Å². The molecule has 0 fully saturated rings. The van der Waals surface area contributed by atoms with Gasteiger partial charge < -0.3 is 5.73 Å². The lowest BCUT2D eigenvalue weighted by atomic mass is 10.1. The van der Waals surface area contributed by atoms with Crippen LogP contribution in [-0.2, 0) is 6.42 Å². The third-order valence-electron chi connectivity index (χ3n) is 2.32. The van der Waals surface area contributed by atoms with Gasteiger partial charge in [-0.25, -0.2) is 4.98 Å². The van der Waals surface area contributed by atoms with Gasteiger partial charge in [0.25, 0.3) is 0 Å². The molecule has 0 aliphatic carbocycles. The smallest absolute Gasteiger partial charge is 0.126 e. The van der Waals surface area contributed by atoms with Gasteiger partial charge in [0.05, 0.1) is 5.02 Å². The van der Waals surface area contributed by atoms with Crippen molar-refractivity contribution in [3.8, 4) is 0 Å². The molecule has 0 aliphatic rings. The molecule has 2 nitrogen and oxygen atoms in total. The van der Waals surface area contributed by atoms with Crippen molar-refractivity contribution in [2.24, 2.45) is 0 Å². The Bertz CT molecular complexity index is 323. The lowest BCUT2D eigenvalue weighted by molar-refractivity contribution is 0.687. The molecule has 2 N–H and O–H groups in total. The van der Waals surface area contributed by atoms with Crippen LogP contribution in [0.1, 0.15) is 31.2 Å². The number of nitrogens with zero attached hydrogens (tertiary/aromatic N) is 1. The minimum absolute atomic E-state index is 0.600. The van der Waals surface area contributed by atoms with Crippen molar-refractivity contribution in [2.75, 3.05) is 5.73 Å². The second-order valence-corrected chi connectivity index (χ2v) is 4.02. The molecule has 0 aliphatic heterocycles. The number of nitrogen functional groups attached to an aromatic ring is 1. The molecule has 0 unspecified atom stereocenters. The van der Waals surface area contributed by atoms with E-state index in [0.29, 0.717) is 10.8 Å². The Balaban J connectivity index is 2.36. The van der Waals surface area contributed by atoms with Crippen molar-refractivity contribution in [3.63, 3.8) is 0 Å². The molecule has 0 aromatic carbocycles. The van der Waals surface area contributed by atoms with Gasteiger partial charge in [0.15, 0.2) is 0 Å². The van der Waals surface area contributed by atoms with E-state index >= 15 is 0 Å². The Hall–Kier alpha value is -1.02. The summed E-state index contributed by atoms with van der Waals surface area (Å²) in [6, 6.07) is 1.90. The molecular weight excluding hydrogens is 208 g/mol. The number of aromatic nitrogens is 1. The van der Waals surface area contributed by atoms with E-state index in [0.717, 1.165) is 24.8 Å². The highest BCUT2D eigenvalue weighted by molar-refractivity contribution is 6.30. The quantitative estimate of drug-likeness (QED) is 0.592. The van der Waals surface area contributed by atoms with E-state index in [2.05, 4.69) is 11.6 Å². The highest BCUT2D eigenvalue weighted by Crippen LogP contribution is 2.17. The molecule has 0 saturated carbocycles. The van der Waals surface area contributed by atoms with Crippen LogP contribution >= 0.6 is 11.6 Å². The molecule has 0 bridgehead atoms. The van der Waals surface area contributed by atoms with Crippen molar-refractivity contribution in [2.45, 2.75) is 32.1 Å². The Kier molecular flexibility index (Phi) is 5.19. The van der Waals surface area contributed by atoms with E-state index in [4.69, 9.17) is 17.3 Å². The highest BCUT2D eigenvalue weighted by Gasteiger charge is 2.01. The van der Waals surface area contributed by atoms with Gasteiger partial charge in [0, 0.05) is 6.20 Å². The third-order valence-corrected chi connectivity index (χ3v) is 2.53. The van der Waals surface area contributed by atoms with E-state index in [1.54, 1.807) is 6.20 Å². The van der Waals surface area contributed by atoms with Crippen LogP contribution in [0.4, 0.5) is 5.82 Å². The Morgan fingerprint density at radius 1 is 1.40 bits per heavy atom. The number of aryl methyl sites for hydroxylation is 1. The first-order valence-electron chi connectivity index (χ1n) is 5.25. The van der Waals surface area contributed by atoms with Gasteiger partial charge >= 0.3 is 0 Å². The van der Waals surface area contributed by atoms with Crippen LogP contribution in [0.5, 0.6) is 0 Å². The number of allylic oxidation sites excluding steroid dienone is 1. The molecule has 0 radical (unpaired) electrons. The highest BCUT2D eigenvalue weighted by atomic mass is 35.5. The maximum atomic E-state index is 5.85. The summed E-state index contributed by atoms with van der Waals surface area (Å²) in [6.45, 7) is 3.69. The normalized spacial score (nSPS) is 10.2. The van der Waals surface area contributed by atoms with Crippen LogP contribution < -0.4 is 5.73 Å². The van der Waals surface area contributed by atoms with E-state index < -0.39 is 0 Å². The topological polar surface area (TPSA) is 38.9 Å².